The van der Waals surface area contributed by atoms with Gasteiger partial charge in [0.15, 0.2) is 5.78 Å². The number of methoxy groups -OCH3 is 1. The number of fused-ring (bicyclic) bond motifs is 2. The number of carbonyl (C=O) groups excluding carboxylic acids is 1. The third-order valence-electron chi connectivity index (χ3n) is 4.92. The molecule has 2 aromatic heterocycles. The van der Waals surface area contributed by atoms with Gasteiger partial charge in [-0.15, -0.1) is 11.3 Å². The minimum Gasteiger partial charge on any atom is -0.496 e. The zero-order chi connectivity index (χ0) is 18.4. The third-order valence-corrected chi connectivity index (χ3v) is 6.12. The predicted octanol–water partition coefficient (Wildman–Crippen LogP) is 3.74. The van der Waals surface area contributed by atoms with E-state index in [-0.39, 0.29) is 5.78 Å². The van der Waals surface area contributed by atoms with Crippen LogP contribution in [0, 0.1) is 0 Å². The average Bonchev–Trinajstić information content (AvgIpc) is 2.96. The molecule has 0 spiro atoms. The minimum absolute atomic E-state index is 0.0217. The molecule has 0 fully saturated rings. The van der Waals surface area contributed by atoms with Crippen molar-refractivity contribution < 1.29 is 9.53 Å². The van der Waals surface area contributed by atoms with Gasteiger partial charge in [-0.3, -0.25) is 4.79 Å². The number of hydrogen-bond donors (Lipinski definition) is 1. The number of ether oxygens (including phenoxy) is 1. The van der Waals surface area contributed by atoms with Crippen molar-refractivity contribution in [1.82, 2.24) is 9.88 Å². The van der Waals surface area contributed by atoms with E-state index in [1.807, 2.05) is 24.3 Å². The summed E-state index contributed by atoms with van der Waals surface area (Å²) in [6.45, 7) is 3.32. The Morgan fingerprint density at radius 2 is 2.12 bits per heavy atom. The molecule has 1 aliphatic heterocycles. The van der Waals surface area contributed by atoms with E-state index in [2.05, 4.69) is 11.9 Å². The Morgan fingerprint density at radius 1 is 1.35 bits per heavy atom. The molecule has 0 radical (unpaired) electrons. The lowest BCUT2D eigenvalue weighted by Crippen LogP contribution is -2.28. The number of ketones is 1. The number of nitrogens with zero attached hydrogens (tertiary/aromatic N) is 2. The number of anilines is 1. The van der Waals surface area contributed by atoms with Gasteiger partial charge in [-0.1, -0.05) is 18.2 Å². The quantitative estimate of drug-likeness (QED) is 0.714. The number of aromatic nitrogens is 1. The summed E-state index contributed by atoms with van der Waals surface area (Å²) < 4.78 is 5.62. The molecule has 3 heterocycles. The largest absolute Gasteiger partial charge is 0.496 e. The molecule has 1 aromatic carbocycles. The standard InChI is InChI=1S/C20H21N3O2S/c1-11(24)19-18(21)17-16(12-6-4-5-7-15(12)25-3)13-10-23(2)9-8-14(13)22-20(17)26-19/h4-7H,8-10,21H2,1-3H3. The zero-order valence-corrected chi connectivity index (χ0v) is 15.9. The first-order valence-electron chi connectivity index (χ1n) is 8.57. The van der Waals surface area contributed by atoms with Crippen LogP contribution in [0.2, 0.25) is 0 Å². The number of Topliss-reactive ketones (excluding diaryl/α,β-unsaturated/α-hetero) is 1. The SMILES string of the molecule is COc1ccccc1-c1c2c(nc3sc(C(C)=O)c(N)c13)CCN(C)C2. The third kappa shape index (κ3) is 2.57. The zero-order valence-electron chi connectivity index (χ0n) is 15.1. The molecule has 0 bridgehead atoms. The van der Waals surface area contributed by atoms with Crippen molar-refractivity contribution in [3.63, 3.8) is 0 Å². The van der Waals surface area contributed by atoms with Crippen molar-refractivity contribution in [1.29, 1.82) is 0 Å². The summed E-state index contributed by atoms with van der Waals surface area (Å²) >= 11 is 1.39. The van der Waals surface area contributed by atoms with Crippen LogP contribution < -0.4 is 10.5 Å². The Morgan fingerprint density at radius 3 is 2.85 bits per heavy atom. The molecule has 26 heavy (non-hydrogen) atoms. The fourth-order valence-electron chi connectivity index (χ4n) is 3.67. The molecule has 0 amide bonds. The molecule has 4 rings (SSSR count). The normalized spacial score (nSPS) is 14.4. The van der Waals surface area contributed by atoms with Crippen molar-refractivity contribution in [2.45, 2.75) is 19.9 Å². The lowest BCUT2D eigenvalue weighted by molar-refractivity contribution is 0.102. The highest BCUT2D eigenvalue weighted by atomic mass is 32.1. The molecular formula is C20H21N3O2S. The second-order valence-corrected chi connectivity index (χ2v) is 7.68. The van der Waals surface area contributed by atoms with Crippen LogP contribution in [0.15, 0.2) is 24.3 Å². The number of hydrogen-bond acceptors (Lipinski definition) is 6. The number of para-hydroxylation sites is 1. The Hall–Kier alpha value is -2.44. The Labute approximate surface area is 156 Å². The topological polar surface area (TPSA) is 68.4 Å². The van der Waals surface area contributed by atoms with Gasteiger partial charge in [0.1, 0.15) is 10.6 Å². The van der Waals surface area contributed by atoms with E-state index in [1.54, 1.807) is 14.0 Å². The Balaban J connectivity index is 2.14. The number of thiophene rings is 1. The van der Waals surface area contributed by atoms with Crippen LogP contribution in [0.1, 0.15) is 27.9 Å². The first-order chi connectivity index (χ1) is 12.5. The monoisotopic (exact) mass is 367 g/mol. The van der Waals surface area contributed by atoms with E-state index in [0.29, 0.717) is 10.6 Å². The highest BCUT2D eigenvalue weighted by Gasteiger charge is 2.27. The molecule has 0 atom stereocenters. The van der Waals surface area contributed by atoms with Crippen LogP contribution in [0.4, 0.5) is 5.69 Å². The first-order valence-corrected chi connectivity index (χ1v) is 9.39. The summed E-state index contributed by atoms with van der Waals surface area (Å²) in [7, 11) is 3.78. The summed E-state index contributed by atoms with van der Waals surface area (Å²) in [5.41, 5.74) is 11.3. The number of rotatable bonds is 3. The molecule has 134 valence electrons. The molecule has 5 nitrogen and oxygen atoms in total. The minimum atomic E-state index is -0.0217. The fraction of sp³-hybridized carbons (Fsp3) is 0.300. The summed E-state index contributed by atoms with van der Waals surface area (Å²) in [5, 5.41) is 0.874. The summed E-state index contributed by atoms with van der Waals surface area (Å²) in [6, 6.07) is 7.96. The van der Waals surface area contributed by atoms with Gasteiger partial charge in [-0.05, 0) is 18.7 Å². The maximum Gasteiger partial charge on any atom is 0.171 e. The van der Waals surface area contributed by atoms with Crippen LogP contribution in [0.5, 0.6) is 5.75 Å². The molecule has 6 heteroatoms. The van der Waals surface area contributed by atoms with E-state index >= 15 is 0 Å². The van der Waals surface area contributed by atoms with E-state index < -0.39 is 0 Å². The van der Waals surface area contributed by atoms with Crippen LogP contribution >= 0.6 is 11.3 Å². The number of nitrogens with two attached hydrogens (primary N) is 1. The second kappa shape index (κ2) is 6.37. The Kier molecular flexibility index (Phi) is 4.17. The molecular weight excluding hydrogens is 346 g/mol. The van der Waals surface area contributed by atoms with Crippen molar-refractivity contribution >= 4 is 33.0 Å². The van der Waals surface area contributed by atoms with E-state index in [4.69, 9.17) is 15.5 Å². The van der Waals surface area contributed by atoms with Gasteiger partial charge < -0.3 is 15.4 Å². The van der Waals surface area contributed by atoms with Gasteiger partial charge >= 0.3 is 0 Å². The summed E-state index contributed by atoms with van der Waals surface area (Å²) in [6.07, 6.45) is 0.886. The lowest BCUT2D eigenvalue weighted by atomic mass is 9.91. The lowest BCUT2D eigenvalue weighted by Gasteiger charge is -2.27. The van der Waals surface area contributed by atoms with Gasteiger partial charge in [0.25, 0.3) is 0 Å². The molecule has 2 N–H and O–H groups in total. The number of likely N-dealkylation sites (N-methyl/N-ethyl adjacent to an activating group) is 1. The van der Waals surface area contributed by atoms with Crippen molar-refractivity contribution in [2.75, 3.05) is 26.4 Å². The van der Waals surface area contributed by atoms with Crippen molar-refractivity contribution in [3.8, 4) is 16.9 Å². The van der Waals surface area contributed by atoms with Crippen LogP contribution in [-0.4, -0.2) is 36.4 Å². The van der Waals surface area contributed by atoms with Crippen LogP contribution in [-0.2, 0) is 13.0 Å². The molecule has 3 aromatic rings. The summed E-state index contributed by atoms with van der Waals surface area (Å²) in [5.74, 6) is 0.775. The second-order valence-electron chi connectivity index (χ2n) is 6.68. The van der Waals surface area contributed by atoms with Crippen molar-refractivity contribution in [3.05, 3.63) is 40.4 Å². The average molecular weight is 367 g/mol. The number of nitrogen functional groups attached to an aromatic ring is 1. The van der Waals surface area contributed by atoms with Gasteiger partial charge in [-0.25, -0.2) is 4.98 Å². The van der Waals surface area contributed by atoms with E-state index in [9.17, 15) is 4.79 Å². The van der Waals surface area contributed by atoms with E-state index in [0.717, 1.165) is 52.3 Å². The van der Waals surface area contributed by atoms with E-state index in [1.165, 1.54) is 16.9 Å². The number of carbonyl (C=O) groups is 1. The van der Waals surface area contributed by atoms with Gasteiger partial charge in [0, 0.05) is 48.6 Å². The van der Waals surface area contributed by atoms with Crippen LogP contribution in [0.3, 0.4) is 0 Å². The van der Waals surface area contributed by atoms with Crippen molar-refractivity contribution in [2.24, 2.45) is 0 Å². The predicted molar refractivity (Wildman–Crippen MR) is 106 cm³/mol. The number of benzene rings is 1. The molecule has 0 saturated carbocycles. The van der Waals surface area contributed by atoms with Gasteiger partial charge in [0.05, 0.1) is 17.7 Å². The molecule has 0 unspecified atom stereocenters. The highest BCUT2D eigenvalue weighted by molar-refractivity contribution is 7.21. The smallest absolute Gasteiger partial charge is 0.171 e. The first kappa shape index (κ1) is 17.0. The van der Waals surface area contributed by atoms with Gasteiger partial charge in [0.2, 0.25) is 0 Å². The molecule has 0 aliphatic carbocycles. The number of pyridine rings is 1. The molecule has 1 aliphatic rings. The summed E-state index contributed by atoms with van der Waals surface area (Å²) in [4.78, 5) is 20.6. The Bertz CT molecular complexity index is 1030. The van der Waals surface area contributed by atoms with Gasteiger partial charge in [-0.2, -0.15) is 0 Å². The maximum absolute atomic E-state index is 12.0. The fourth-order valence-corrected chi connectivity index (χ4v) is 4.69. The highest BCUT2D eigenvalue weighted by Crippen LogP contribution is 2.45. The maximum atomic E-state index is 12.0. The molecule has 0 saturated heterocycles. The van der Waals surface area contributed by atoms with Crippen LogP contribution in [0.25, 0.3) is 21.3 Å².